The number of carboxylic acids is 1. The van der Waals surface area contributed by atoms with Gasteiger partial charge in [-0.1, -0.05) is 6.92 Å². The summed E-state index contributed by atoms with van der Waals surface area (Å²) < 4.78 is 29.8. The van der Waals surface area contributed by atoms with Crippen molar-refractivity contribution in [3.05, 3.63) is 0 Å². The van der Waals surface area contributed by atoms with Gasteiger partial charge in [0.1, 0.15) is 0 Å². The van der Waals surface area contributed by atoms with E-state index < -0.39 is 16.0 Å². The number of rotatable bonds is 10. The second-order valence-corrected chi connectivity index (χ2v) is 5.96. The zero-order valence-corrected chi connectivity index (χ0v) is 11.1. The van der Waals surface area contributed by atoms with Crippen molar-refractivity contribution in [1.29, 1.82) is 0 Å². The number of hydrogen-bond donors (Lipinski definition) is 2. The number of sulfonamides is 1. The maximum absolute atomic E-state index is 11.4. The average molecular weight is 267 g/mol. The molecule has 7 heteroatoms. The lowest BCUT2D eigenvalue weighted by Crippen LogP contribution is -2.29. The molecule has 0 radical (unpaired) electrons. The minimum absolute atomic E-state index is 0.0486. The normalized spacial score (nSPS) is 13.5. The average Bonchev–Trinajstić information content (AvgIpc) is 2.23. The van der Waals surface area contributed by atoms with Crippen LogP contribution in [0, 0.1) is 5.92 Å². The molecule has 0 saturated heterocycles. The fourth-order valence-electron chi connectivity index (χ4n) is 1.24. The van der Waals surface area contributed by atoms with E-state index in [0.29, 0.717) is 19.4 Å². The summed E-state index contributed by atoms with van der Waals surface area (Å²) in [7, 11) is -1.81. The standard InChI is InChI=1S/C10H21NO5S/c1-9(3-4-10(12)13)5-6-11-17(14,15)8-7-16-2/h9,11H,3-8H2,1-2H3,(H,12,13). The molecule has 0 aliphatic carbocycles. The van der Waals surface area contributed by atoms with Crippen LogP contribution in [0.25, 0.3) is 0 Å². The fraction of sp³-hybridized carbons (Fsp3) is 0.900. The number of carbonyl (C=O) groups is 1. The smallest absolute Gasteiger partial charge is 0.303 e. The molecule has 1 atom stereocenters. The molecule has 0 aromatic rings. The SMILES string of the molecule is COCCS(=O)(=O)NCCC(C)CCC(=O)O. The van der Waals surface area contributed by atoms with Crippen LogP contribution >= 0.6 is 0 Å². The van der Waals surface area contributed by atoms with Gasteiger partial charge < -0.3 is 9.84 Å². The van der Waals surface area contributed by atoms with Gasteiger partial charge in [-0.15, -0.1) is 0 Å². The number of ether oxygens (including phenoxy) is 1. The Labute approximate surface area is 102 Å². The second kappa shape index (κ2) is 8.43. The summed E-state index contributed by atoms with van der Waals surface area (Å²) >= 11 is 0. The third-order valence-electron chi connectivity index (χ3n) is 2.37. The van der Waals surface area contributed by atoms with E-state index in [0.717, 1.165) is 0 Å². The molecular weight excluding hydrogens is 246 g/mol. The van der Waals surface area contributed by atoms with E-state index in [1.54, 1.807) is 0 Å². The van der Waals surface area contributed by atoms with Gasteiger partial charge >= 0.3 is 5.97 Å². The van der Waals surface area contributed by atoms with Crippen LogP contribution in [-0.4, -0.2) is 45.5 Å². The molecule has 17 heavy (non-hydrogen) atoms. The predicted molar refractivity (Wildman–Crippen MR) is 64.3 cm³/mol. The molecule has 0 amide bonds. The molecule has 0 saturated carbocycles. The zero-order chi connectivity index (χ0) is 13.3. The van der Waals surface area contributed by atoms with Crippen LogP contribution in [0.15, 0.2) is 0 Å². The predicted octanol–water partition coefficient (Wildman–Crippen LogP) is 0.443. The van der Waals surface area contributed by atoms with E-state index in [1.807, 2.05) is 6.92 Å². The van der Waals surface area contributed by atoms with Crippen molar-refractivity contribution in [2.24, 2.45) is 5.92 Å². The number of hydrogen-bond acceptors (Lipinski definition) is 4. The number of methoxy groups -OCH3 is 1. The van der Waals surface area contributed by atoms with Gasteiger partial charge in [0, 0.05) is 20.1 Å². The van der Waals surface area contributed by atoms with Gasteiger partial charge in [-0.25, -0.2) is 13.1 Å². The van der Waals surface area contributed by atoms with Crippen molar-refractivity contribution in [2.45, 2.75) is 26.2 Å². The van der Waals surface area contributed by atoms with Crippen molar-refractivity contribution in [1.82, 2.24) is 4.72 Å². The maximum Gasteiger partial charge on any atom is 0.303 e. The Balaban J connectivity index is 3.71. The van der Waals surface area contributed by atoms with Crippen LogP contribution in [0.1, 0.15) is 26.2 Å². The molecule has 1 unspecified atom stereocenters. The molecule has 6 nitrogen and oxygen atoms in total. The number of nitrogens with one attached hydrogen (secondary N) is 1. The highest BCUT2D eigenvalue weighted by atomic mass is 32.2. The highest BCUT2D eigenvalue weighted by molar-refractivity contribution is 7.89. The van der Waals surface area contributed by atoms with Crippen molar-refractivity contribution in [3.8, 4) is 0 Å². The molecular formula is C10H21NO5S. The van der Waals surface area contributed by atoms with Crippen LogP contribution < -0.4 is 4.72 Å². The summed E-state index contributed by atoms with van der Waals surface area (Å²) in [6, 6.07) is 0. The Bertz CT molecular complexity index is 315. The molecule has 0 aromatic carbocycles. The number of aliphatic carboxylic acids is 1. The van der Waals surface area contributed by atoms with E-state index >= 15 is 0 Å². The van der Waals surface area contributed by atoms with Crippen LogP contribution in [0.2, 0.25) is 0 Å². The van der Waals surface area contributed by atoms with Gasteiger partial charge in [-0.05, 0) is 18.8 Å². The number of carboxylic acid groups (broad SMARTS) is 1. The topological polar surface area (TPSA) is 92.7 Å². The third kappa shape index (κ3) is 10.2. The van der Waals surface area contributed by atoms with Gasteiger partial charge in [0.15, 0.2) is 0 Å². The fourth-order valence-corrected chi connectivity index (χ4v) is 2.20. The summed E-state index contributed by atoms with van der Waals surface area (Å²) in [6.07, 6.45) is 1.33. The van der Waals surface area contributed by atoms with Crippen molar-refractivity contribution in [3.63, 3.8) is 0 Å². The van der Waals surface area contributed by atoms with E-state index in [-0.39, 0.29) is 24.7 Å². The highest BCUT2D eigenvalue weighted by Crippen LogP contribution is 2.09. The van der Waals surface area contributed by atoms with Crippen molar-refractivity contribution >= 4 is 16.0 Å². The first-order chi connectivity index (χ1) is 7.87. The second-order valence-electron chi connectivity index (χ2n) is 4.03. The third-order valence-corrected chi connectivity index (χ3v) is 3.71. The summed E-state index contributed by atoms with van der Waals surface area (Å²) in [5.41, 5.74) is 0. The van der Waals surface area contributed by atoms with Gasteiger partial charge in [0.2, 0.25) is 10.0 Å². The minimum Gasteiger partial charge on any atom is -0.481 e. The van der Waals surface area contributed by atoms with Gasteiger partial charge in [0.25, 0.3) is 0 Å². The van der Waals surface area contributed by atoms with Crippen LogP contribution in [0.4, 0.5) is 0 Å². The van der Waals surface area contributed by atoms with E-state index in [2.05, 4.69) is 9.46 Å². The maximum atomic E-state index is 11.4. The molecule has 0 spiro atoms. The largest absolute Gasteiger partial charge is 0.481 e. The minimum atomic E-state index is -3.26. The first kappa shape index (κ1) is 16.3. The molecule has 0 aliphatic rings. The van der Waals surface area contributed by atoms with Crippen LogP contribution in [0.5, 0.6) is 0 Å². The van der Waals surface area contributed by atoms with Crippen LogP contribution in [0.3, 0.4) is 0 Å². The molecule has 0 heterocycles. The molecule has 0 fully saturated rings. The summed E-state index contributed by atoms with van der Waals surface area (Å²) in [6.45, 7) is 2.42. The van der Waals surface area contributed by atoms with Gasteiger partial charge in [-0.3, -0.25) is 4.79 Å². The molecule has 2 N–H and O–H groups in total. The lowest BCUT2D eigenvalue weighted by atomic mass is 10.0. The molecule has 0 rings (SSSR count). The first-order valence-corrected chi connectivity index (χ1v) is 7.20. The van der Waals surface area contributed by atoms with Crippen molar-refractivity contribution < 1.29 is 23.1 Å². The van der Waals surface area contributed by atoms with E-state index in [4.69, 9.17) is 5.11 Å². The lowest BCUT2D eigenvalue weighted by molar-refractivity contribution is -0.137. The Morgan fingerprint density at radius 2 is 2.06 bits per heavy atom. The van der Waals surface area contributed by atoms with E-state index in [1.165, 1.54) is 7.11 Å². The summed E-state index contributed by atoms with van der Waals surface area (Å²) in [5.74, 6) is -0.679. The Morgan fingerprint density at radius 3 is 2.59 bits per heavy atom. The molecule has 0 bridgehead atoms. The van der Waals surface area contributed by atoms with Gasteiger partial charge in [-0.2, -0.15) is 0 Å². The highest BCUT2D eigenvalue weighted by Gasteiger charge is 2.10. The monoisotopic (exact) mass is 267 g/mol. The summed E-state index contributed by atoms with van der Waals surface area (Å²) in [5, 5.41) is 8.49. The molecule has 102 valence electrons. The Hall–Kier alpha value is -0.660. The zero-order valence-electron chi connectivity index (χ0n) is 10.3. The van der Waals surface area contributed by atoms with Crippen molar-refractivity contribution in [2.75, 3.05) is 26.0 Å². The summed E-state index contributed by atoms with van der Waals surface area (Å²) in [4.78, 5) is 10.3. The Kier molecular flexibility index (Phi) is 8.11. The Morgan fingerprint density at radius 1 is 1.41 bits per heavy atom. The van der Waals surface area contributed by atoms with E-state index in [9.17, 15) is 13.2 Å². The van der Waals surface area contributed by atoms with Gasteiger partial charge in [0.05, 0.1) is 12.4 Å². The van der Waals surface area contributed by atoms with Crippen LogP contribution in [-0.2, 0) is 19.6 Å². The quantitative estimate of drug-likeness (QED) is 0.599. The molecule has 0 aliphatic heterocycles. The first-order valence-electron chi connectivity index (χ1n) is 5.55. The lowest BCUT2D eigenvalue weighted by Gasteiger charge is -2.10. The molecule has 0 aromatic heterocycles.